The second-order valence-electron chi connectivity index (χ2n) is 7.70. The van der Waals surface area contributed by atoms with Gasteiger partial charge in [-0.15, -0.1) is 0 Å². The number of hydrogen-bond donors (Lipinski definition) is 1. The number of aliphatic hydroxyl groups excluding tert-OH is 1. The number of ether oxygens (including phenoxy) is 2. The molecule has 0 aliphatic carbocycles. The van der Waals surface area contributed by atoms with E-state index in [0.717, 1.165) is 12.8 Å². The molecule has 1 aromatic carbocycles. The van der Waals surface area contributed by atoms with Gasteiger partial charge in [-0.1, -0.05) is 6.58 Å². The van der Waals surface area contributed by atoms with Crippen molar-refractivity contribution in [2.45, 2.75) is 19.3 Å². The summed E-state index contributed by atoms with van der Waals surface area (Å²) in [6, 6.07) is 4.68. The second kappa shape index (κ2) is 10.5. The van der Waals surface area contributed by atoms with Gasteiger partial charge in [-0.3, -0.25) is 9.59 Å². The molecule has 0 atom stereocenters. The molecule has 8 nitrogen and oxygen atoms in total. The lowest BCUT2D eigenvalue weighted by molar-refractivity contribution is 0.0827. The van der Waals surface area contributed by atoms with Crippen LogP contribution >= 0.6 is 0 Å². The molecule has 3 rings (SSSR count). The summed E-state index contributed by atoms with van der Waals surface area (Å²) in [6.07, 6.45) is 2.31. The van der Waals surface area contributed by atoms with Crippen molar-refractivity contribution in [2.24, 2.45) is 0 Å². The molecular weight excluding hydrogens is 400 g/mol. The highest BCUT2D eigenvalue weighted by atomic mass is 16.5. The molecule has 8 heteroatoms. The van der Waals surface area contributed by atoms with Crippen molar-refractivity contribution in [3.05, 3.63) is 46.1 Å². The van der Waals surface area contributed by atoms with E-state index < -0.39 is 0 Å². The molecule has 1 amide bonds. The van der Waals surface area contributed by atoms with Crippen molar-refractivity contribution < 1.29 is 23.8 Å². The molecule has 0 saturated carbocycles. The summed E-state index contributed by atoms with van der Waals surface area (Å²) in [4.78, 5) is 29.0. The molecule has 1 N–H and O–H groups in total. The largest absolute Gasteiger partial charge is 0.493 e. The molecule has 1 aliphatic heterocycles. The zero-order chi connectivity index (χ0) is 22.4. The van der Waals surface area contributed by atoms with Crippen molar-refractivity contribution in [1.82, 2.24) is 4.90 Å². The number of nitrogens with zero attached hydrogens (tertiary/aromatic N) is 2. The SMILES string of the molecule is C=C(OCCCCCO)c1cc(C(=O)N(C)C)cc2c(=O)cc(N3CCOCC3)oc12. The summed E-state index contributed by atoms with van der Waals surface area (Å²) in [5.74, 6) is 0.574. The van der Waals surface area contributed by atoms with Gasteiger partial charge in [-0.25, -0.2) is 0 Å². The molecule has 1 saturated heterocycles. The van der Waals surface area contributed by atoms with Crippen LogP contribution in [0.15, 0.2) is 34.0 Å². The topological polar surface area (TPSA) is 92.5 Å². The van der Waals surface area contributed by atoms with Gasteiger partial charge >= 0.3 is 0 Å². The molecule has 1 aromatic heterocycles. The van der Waals surface area contributed by atoms with Crippen LogP contribution < -0.4 is 10.3 Å². The summed E-state index contributed by atoms with van der Waals surface area (Å²) in [6.45, 7) is 6.97. The average Bonchev–Trinajstić information content (AvgIpc) is 2.78. The molecule has 1 aliphatic rings. The van der Waals surface area contributed by atoms with Crippen LogP contribution in [0.1, 0.15) is 35.2 Å². The number of amides is 1. The third-order valence-corrected chi connectivity index (χ3v) is 5.17. The number of benzene rings is 1. The standard InChI is InChI=1S/C23H30N2O6/c1-16(30-10-6-4-5-9-26)18-13-17(23(28)24(2)3)14-19-20(27)15-21(31-22(18)19)25-7-11-29-12-8-25/h13-15,26H,1,4-12H2,2-3H3. The highest BCUT2D eigenvalue weighted by Crippen LogP contribution is 2.29. The number of anilines is 1. The summed E-state index contributed by atoms with van der Waals surface area (Å²) in [7, 11) is 3.31. The number of hydrogen-bond acceptors (Lipinski definition) is 7. The van der Waals surface area contributed by atoms with E-state index in [0.29, 0.717) is 73.1 Å². The first-order chi connectivity index (χ1) is 14.9. The zero-order valence-corrected chi connectivity index (χ0v) is 18.2. The lowest BCUT2D eigenvalue weighted by Gasteiger charge is -2.27. The van der Waals surface area contributed by atoms with Gasteiger partial charge in [0.05, 0.1) is 30.8 Å². The number of carbonyl (C=O) groups is 1. The maximum absolute atomic E-state index is 13.0. The molecule has 0 spiro atoms. The Morgan fingerprint density at radius 2 is 1.94 bits per heavy atom. The zero-order valence-electron chi connectivity index (χ0n) is 18.2. The maximum atomic E-state index is 13.0. The molecule has 31 heavy (non-hydrogen) atoms. The molecule has 0 radical (unpaired) electrons. The summed E-state index contributed by atoms with van der Waals surface area (Å²) in [5, 5.41) is 9.22. The summed E-state index contributed by atoms with van der Waals surface area (Å²) in [5.41, 5.74) is 0.971. The van der Waals surface area contributed by atoms with Gasteiger partial charge < -0.3 is 28.8 Å². The van der Waals surface area contributed by atoms with Crippen LogP contribution in [-0.2, 0) is 9.47 Å². The average molecular weight is 431 g/mol. The Labute approximate surface area is 181 Å². The van der Waals surface area contributed by atoms with Crippen LogP contribution in [0.3, 0.4) is 0 Å². The molecule has 168 valence electrons. The molecule has 0 bridgehead atoms. The van der Waals surface area contributed by atoms with Gasteiger partial charge in [-0.05, 0) is 31.4 Å². The molecular formula is C23H30N2O6. The minimum atomic E-state index is -0.229. The third-order valence-electron chi connectivity index (χ3n) is 5.17. The Hall–Kier alpha value is -2.84. The minimum absolute atomic E-state index is 0.149. The van der Waals surface area contributed by atoms with Crippen LogP contribution in [0.2, 0.25) is 0 Å². The van der Waals surface area contributed by atoms with E-state index in [9.17, 15) is 9.59 Å². The quantitative estimate of drug-likeness (QED) is 0.483. The Morgan fingerprint density at radius 1 is 1.19 bits per heavy atom. The van der Waals surface area contributed by atoms with Crippen molar-refractivity contribution in [1.29, 1.82) is 0 Å². The van der Waals surface area contributed by atoms with Gasteiger partial charge in [0, 0.05) is 45.4 Å². The van der Waals surface area contributed by atoms with Crippen LogP contribution in [0.4, 0.5) is 5.88 Å². The van der Waals surface area contributed by atoms with Crippen LogP contribution in [0, 0.1) is 0 Å². The number of unbranched alkanes of at least 4 members (excludes halogenated alkanes) is 2. The Balaban J connectivity index is 2.02. The lowest BCUT2D eigenvalue weighted by atomic mass is 10.0. The van der Waals surface area contributed by atoms with Gasteiger partial charge in [-0.2, -0.15) is 0 Å². The van der Waals surface area contributed by atoms with E-state index in [1.165, 1.54) is 11.0 Å². The van der Waals surface area contributed by atoms with Crippen molar-refractivity contribution in [2.75, 3.05) is 58.5 Å². The van der Waals surface area contributed by atoms with Gasteiger partial charge in [0.25, 0.3) is 5.91 Å². The number of rotatable bonds is 9. The van der Waals surface area contributed by atoms with Crippen LogP contribution in [0.5, 0.6) is 0 Å². The van der Waals surface area contributed by atoms with Crippen LogP contribution in [-0.4, -0.2) is 69.5 Å². The third kappa shape index (κ3) is 5.45. The first kappa shape index (κ1) is 22.8. The monoisotopic (exact) mass is 430 g/mol. The van der Waals surface area contributed by atoms with E-state index in [4.69, 9.17) is 19.0 Å². The van der Waals surface area contributed by atoms with Crippen LogP contribution in [0.25, 0.3) is 16.7 Å². The summed E-state index contributed by atoms with van der Waals surface area (Å²) >= 11 is 0. The second-order valence-corrected chi connectivity index (χ2v) is 7.70. The van der Waals surface area contributed by atoms with Crippen molar-refractivity contribution in [3.8, 4) is 0 Å². The predicted octanol–water partition coefficient (Wildman–Crippen LogP) is 2.48. The number of carbonyl (C=O) groups excluding carboxylic acids is 1. The van der Waals surface area contributed by atoms with Gasteiger partial charge in [0.1, 0.15) is 5.76 Å². The van der Waals surface area contributed by atoms with Crippen molar-refractivity contribution >= 4 is 28.5 Å². The fourth-order valence-corrected chi connectivity index (χ4v) is 3.44. The Bertz CT molecular complexity index is 991. The van der Waals surface area contributed by atoms with E-state index in [-0.39, 0.29) is 17.9 Å². The number of morpholine rings is 1. The van der Waals surface area contributed by atoms with E-state index in [2.05, 4.69) is 6.58 Å². The highest BCUT2D eigenvalue weighted by molar-refractivity contribution is 6.00. The van der Waals surface area contributed by atoms with Gasteiger partial charge in [0.2, 0.25) is 0 Å². The predicted molar refractivity (Wildman–Crippen MR) is 119 cm³/mol. The first-order valence-corrected chi connectivity index (χ1v) is 10.5. The first-order valence-electron chi connectivity index (χ1n) is 10.5. The normalized spacial score (nSPS) is 14.0. The lowest BCUT2D eigenvalue weighted by Crippen LogP contribution is -2.36. The molecule has 2 heterocycles. The number of aliphatic hydroxyl groups is 1. The molecule has 1 fully saturated rings. The van der Waals surface area contributed by atoms with E-state index >= 15 is 0 Å². The smallest absolute Gasteiger partial charge is 0.253 e. The minimum Gasteiger partial charge on any atom is -0.493 e. The summed E-state index contributed by atoms with van der Waals surface area (Å²) < 4.78 is 17.3. The van der Waals surface area contributed by atoms with Gasteiger partial charge in [0.15, 0.2) is 16.9 Å². The number of fused-ring (bicyclic) bond motifs is 1. The molecule has 0 unspecified atom stereocenters. The Morgan fingerprint density at radius 3 is 2.61 bits per heavy atom. The van der Waals surface area contributed by atoms with Crippen molar-refractivity contribution in [3.63, 3.8) is 0 Å². The van der Waals surface area contributed by atoms with E-state index in [1.54, 1.807) is 26.2 Å². The fraction of sp³-hybridized carbons (Fsp3) is 0.478. The van der Waals surface area contributed by atoms with E-state index in [1.807, 2.05) is 4.90 Å². The Kier molecular flexibility index (Phi) is 7.70. The maximum Gasteiger partial charge on any atom is 0.253 e. The molecule has 2 aromatic rings. The fourth-order valence-electron chi connectivity index (χ4n) is 3.44. The highest BCUT2D eigenvalue weighted by Gasteiger charge is 2.21.